The minimum absolute atomic E-state index is 0.133. The molecule has 0 atom stereocenters. The van der Waals surface area contributed by atoms with Gasteiger partial charge in [0.05, 0.1) is 0 Å². The largest absolute Gasteiger partial charge is 0.330 e. The molecule has 1 rings (SSSR count). The summed E-state index contributed by atoms with van der Waals surface area (Å²) in [5.41, 5.74) is 7.00. The molecule has 1 nitrogen and oxygen atoms in total. The van der Waals surface area contributed by atoms with Gasteiger partial charge in [0.15, 0.2) is 0 Å². The summed E-state index contributed by atoms with van der Waals surface area (Å²) < 4.78 is 13.0. The zero-order valence-corrected chi connectivity index (χ0v) is 9.59. The van der Waals surface area contributed by atoms with Gasteiger partial charge in [-0.25, -0.2) is 4.39 Å². The first-order valence-corrected chi connectivity index (χ1v) is 5.60. The standard InChI is InChI=1S/C13H20FN/c1-3-13(4-2,10-15)9-11-6-5-7-12(14)8-11/h5-8H,3-4,9-10,15H2,1-2H3. The van der Waals surface area contributed by atoms with Crippen LogP contribution >= 0.6 is 0 Å². The topological polar surface area (TPSA) is 26.0 Å². The molecule has 0 spiro atoms. The van der Waals surface area contributed by atoms with Gasteiger partial charge in [0.25, 0.3) is 0 Å². The zero-order chi connectivity index (χ0) is 11.3. The average molecular weight is 209 g/mol. The lowest BCUT2D eigenvalue weighted by atomic mass is 9.77. The molecule has 2 N–H and O–H groups in total. The highest BCUT2D eigenvalue weighted by molar-refractivity contribution is 5.18. The smallest absolute Gasteiger partial charge is 0.123 e. The second kappa shape index (κ2) is 5.26. The van der Waals surface area contributed by atoms with Crippen LogP contribution in [0.1, 0.15) is 32.3 Å². The molecule has 0 aliphatic rings. The Labute approximate surface area is 91.5 Å². The van der Waals surface area contributed by atoms with Crippen LogP contribution in [0, 0.1) is 11.2 Å². The van der Waals surface area contributed by atoms with Crippen molar-refractivity contribution >= 4 is 0 Å². The van der Waals surface area contributed by atoms with Crippen molar-refractivity contribution in [3.63, 3.8) is 0 Å². The number of nitrogens with two attached hydrogens (primary N) is 1. The van der Waals surface area contributed by atoms with Gasteiger partial charge >= 0.3 is 0 Å². The molecule has 0 aromatic heterocycles. The lowest BCUT2D eigenvalue weighted by Gasteiger charge is -2.30. The summed E-state index contributed by atoms with van der Waals surface area (Å²) in [6, 6.07) is 6.82. The normalized spacial score (nSPS) is 11.7. The first-order valence-electron chi connectivity index (χ1n) is 5.60. The minimum atomic E-state index is -0.161. The molecular formula is C13H20FN. The number of hydrogen-bond acceptors (Lipinski definition) is 1. The monoisotopic (exact) mass is 209 g/mol. The molecule has 0 aliphatic heterocycles. The molecule has 0 radical (unpaired) electrons. The molecule has 0 bridgehead atoms. The molecule has 0 aliphatic carbocycles. The summed E-state index contributed by atoms with van der Waals surface area (Å²) in [5.74, 6) is -0.161. The van der Waals surface area contributed by atoms with Crippen LogP contribution < -0.4 is 5.73 Å². The van der Waals surface area contributed by atoms with Crippen molar-refractivity contribution in [1.29, 1.82) is 0 Å². The van der Waals surface area contributed by atoms with Crippen molar-refractivity contribution in [3.05, 3.63) is 35.6 Å². The van der Waals surface area contributed by atoms with Gasteiger partial charge in [-0.3, -0.25) is 0 Å². The van der Waals surface area contributed by atoms with Crippen LogP contribution in [-0.4, -0.2) is 6.54 Å². The van der Waals surface area contributed by atoms with Crippen molar-refractivity contribution in [3.8, 4) is 0 Å². The van der Waals surface area contributed by atoms with Gasteiger partial charge in [-0.2, -0.15) is 0 Å². The van der Waals surface area contributed by atoms with Gasteiger partial charge in [0.2, 0.25) is 0 Å². The van der Waals surface area contributed by atoms with E-state index in [1.54, 1.807) is 12.1 Å². The van der Waals surface area contributed by atoms with E-state index in [9.17, 15) is 4.39 Å². The van der Waals surface area contributed by atoms with Crippen molar-refractivity contribution in [1.82, 2.24) is 0 Å². The molecule has 0 amide bonds. The van der Waals surface area contributed by atoms with E-state index in [1.807, 2.05) is 6.07 Å². The average Bonchev–Trinajstić information content (AvgIpc) is 2.26. The molecule has 0 unspecified atom stereocenters. The SMILES string of the molecule is CCC(CC)(CN)Cc1cccc(F)c1. The highest BCUT2D eigenvalue weighted by Gasteiger charge is 2.24. The van der Waals surface area contributed by atoms with Crippen LogP contribution in [-0.2, 0) is 6.42 Å². The summed E-state index contributed by atoms with van der Waals surface area (Å²) in [6.07, 6.45) is 2.95. The Kier molecular flexibility index (Phi) is 4.28. The maximum atomic E-state index is 13.0. The molecule has 1 aromatic rings. The summed E-state index contributed by atoms with van der Waals surface area (Å²) in [6.45, 7) is 4.96. The van der Waals surface area contributed by atoms with Crippen LogP contribution in [0.15, 0.2) is 24.3 Å². The van der Waals surface area contributed by atoms with Crippen LogP contribution in [0.2, 0.25) is 0 Å². The Morgan fingerprint density at radius 2 is 1.93 bits per heavy atom. The maximum absolute atomic E-state index is 13.0. The van der Waals surface area contributed by atoms with Gasteiger partial charge in [0.1, 0.15) is 5.82 Å². The third-order valence-electron chi connectivity index (χ3n) is 3.40. The van der Waals surface area contributed by atoms with E-state index in [2.05, 4.69) is 13.8 Å². The molecule has 0 saturated carbocycles. The Morgan fingerprint density at radius 3 is 2.40 bits per heavy atom. The maximum Gasteiger partial charge on any atom is 0.123 e. The van der Waals surface area contributed by atoms with Crippen LogP contribution in [0.3, 0.4) is 0 Å². The zero-order valence-electron chi connectivity index (χ0n) is 9.59. The van der Waals surface area contributed by atoms with Crippen LogP contribution in [0.5, 0.6) is 0 Å². The first-order chi connectivity index (χ1) is 7.15. The highest BCUT2D eigenvalue weighted by Crippen LogP contribution is 2.29. The molecule has 0 fully saturated rings. The second-order valence-corrected chi connectivity index (χ2v) is 4.22. The second-order valence-electron chi connectivity index (χ2n) is 4.22. The molecule has 15 heavy (non-hydrogen) atoms. The Hall–Kier alpha value is -0.890. The predicted octanol–water partition coefficient (Wildman–Crippen LogP) is 3.13. The molecule has 84 valence electrons. The van der Waals surface area contributed by atoms with E-state index >= 15 is 0 Å². The van der Waals surface area contributed by atoms with Gasteiger partial charge in [-0.15, -0.1) is 0 Å². The van der Waals surface area contributed by atoms with E-state index in [-0.39, 0.29) is 11.2 Å². The minimum Gasteiger partial charge on any atom is -0.330 e. The summed E-state index contributed by atoms with van der Waals surface area (Å²) in [5, 5.41) is 0. The van der Waals surface area contributed by atoms with Gasteiger partial charge in [-0.05, 0) is 48.9 Å². The molecule has 0 saturated heterocycles. The lowest BCUT2D eigenvalue weighted by molar-refractivity contribution is 0.271. The number of rotatable bonds is 5. The molecule has 1 aromatic carbocycles. The molecular weight excluding hydrogens is 189 g/mol. The van der Waals surface area contributed by atoms with Gasteiger partial charge < -0.3 is 5.73 Å². The van der Waals surface area contributed by atoms with E-state index < -0.39 is 0 Å². The summed E-state index contributed by atoms with van der Waals surface area (Å²) >= 11 is 0. The third kappa shape index (κ3) is 3.03. The molecule has 2 heteroatoms. The third-order valence-corrected chi connectivity index (χ3v) is 3.40. The quantitative estimate of drug-likeness (QED) is 0.792. The highest BCUT2D eigenvalue weighted by atomic mass is 19.1. The van der Waals surface area contributed by atoms with Crippen molar-refractivity contribution in [2.45, 2.75) is 33.1 Å². The van der Waals surface area contributed by atoms with Crippen molar-refractivity contribution in [2.75, 3.05) is 6.54 Å². The van der Waals surface area contributed by atoms with E-state index in [1.165, 1.54) is 6.07 Å². The Bertz CT molecular complexity index is 297. The fourth-order valence-electron chi connectivity index (χ4n) is 1.94. The van der Waals surface area contributed by atoms with Crippen molar-refractivity contribution < 1.29 is 4.39 Å². The Morgan fingerprint density at radius 1 is 1.27 bits per heavy atom. The van der Waals surface area contributed by atoms with Crippen molar-refractivity contribution in [2.24, 2.45) is 11.1 Å². The fourth-order valence-corrected chi connectivity index (χ4v) is 1.94. The lowest BCUT2D eigenvalue weighted by Crippen LogP contribution is -2.31. The fraction of sp³-hybridized carbons (Fsp3) is 0.538. The first kappa shape index (κ1) is 12.2. The van der Waals surface area contributed by atoms with E-state index in [4.69, 9.17) is 5.73 Å². The van der Waals surface area contributed by atoms with Crippen LogP contribution in [0.4, 0.5) is 4.39 Å². The van der Waals surface area contributed by atoms with E-state index in [0.717, 1.165) is 24.8 Å². The number of benzene rings is 1. The Balaban J connectivity index is 2.82. The van der Waals surface area contributed by atoms with Gasteiger partial charge in [0, 0.05) is 0 Å². The van der Waals surface area contributed by atoms with Crippen LogP contribution in [0.25, 0.3) is 0 Å². The van der Waals surface area contributed by atoms with Gasteiger partial charge in [-0.1, -0.05) is 26.0 Å². The predicted molar refractivity (Wildman–Crippen MR) is 62.2 cm³/mol. The summed E-state index contributed by atoms with van der Waals surface area (Å²) in [4.78, 5) is 0. The summed E-state index contributed by atoms with van der Waals surface area (Å²) in [7, 11) is 0. The van der Waals surface area contributed by atoms with E-state index in [0.29, 0.717) is 6.54 Å². The number of hydrogen-bond donors (Lipinski definition) is 1. The molecule has 0 heterocycles. The number of halogens is 1.